The second-order valence-electron chi connectivity index (χ2n) is 3.17. The van der Waals surface area contributed by atoms with Crippen LogP contribution in [0.15, 0.2) is 42.6 Å². The van der Waals surface area contributed by atoms with Crippen molar-refractivity contribution in [3.05, 3.63) is 59.7 Å². The van der Waals surface area contributed by atoms with Gasteiger partial charge < -0.3 is 5.84 Å². The van der Waals surface area contributed by atoms with Crippen molar-refractivity contribution in [1.82, 2.24) is 4.68 Å². The molecule has 1 aromatic heterocycles. The largest absolute Gasteiger partial charge is 0.339 e. The van der Waals surface area contributed by atoms with E-state index in [4.69, 9.17) is 5.84 Å². The number of aromatic nitrogens is 1. The molecule has 0 unspecified atom stereocenters. The summed E-state index contributed by atoms with van der Waals surface area (Å²) in [6.07, 6.45) is 2.27. The van der Waals surface area contributed by atoms with Crippen LogP contribution in [0.2, 0.25) is 0 Å². The Bertz CT molecular complexity index is 434. The lowest BCUT2D eigenvalue weighted by molar-refractivity contribution is 0.612. The van der Waals surface area contributed by atoms with E-state index in [0.29, 0.717) is 12.0 Å². The van der Waals surface area contributed by atoms with Gasteiger partial charge in [0.15, 0.2) is 0 Å². The third kappa shape index (κ3) is 1.62. The molecule has 2 rings (SSSR count). The van der Waals surface area contributed by atoms with Gasteiger partial charge in [0.1, 0.15) is 5.82 Å². The summed E-state index contributed by atoms with van der Waals surface area (Å²) in [4.78, 5) is 0. The van der Waals surface area contributed by atoms with Crippen LogP contribution in [-0.2, 0) is 6.42 Å². The molecular weight excluding hydrogens is 179 g/mol. The van der Waals surface area contributed by atoms with E-state index in [1.54, 1.807) is 18.3 Å². The number of rotatable bonds is 2. The quantitative estimate of drug-likeness (QED) is 0.721. The topological polar surface area (TPSA) is 30.9 Å². The average Bonchev–Trinajstić information content (AvgIpc) is 2.56. The number of nitrogens with two attached hydrogens (primary N) is 1. The summed E-state index contributed by atoms with van der Waals surface area (Å²) in [7, 11) is 0. The summed E-state index contributed by atoms with van der Waals surface area (Å²) >= 11 is 0. The van der Waals surface area contributed by atoms with E-state index in [-0.39, 0.29) is 5.82 Å². The number of nitrogens with zero attached hydrogens (tertiary/aromatic N) is 1. The highest BCUT2D eigenvalue weighted by Gasteiger charge is 2.04. The Balaban J connectivity index is 2.28. The van der Waals surface area contributed by atoms with Crippen LogP contribution in [0, 0.1) is 5.82 Å². The molecule has 0 atom stereocenters. The highest BCUT2D eigenvalue weighted by molar-refractivity contribution is 5.24. The summed E-state index contributed by atoms with van der Waals surface area (Å²) in [5.41, 5.74) is 1.56. The van der Waals surface area contributed by atoms with E-state index >= 15 is 0 Å². The Morgan fingerprint density at radius 1 is 1.14 bits per heavy atom. The van der Waals surface area contributed by atoms with Crippen LogP contribution in [0.25, 0.3) is 0 Å². The molecule has 0 fully saturated rings. The highest BCUT2D eigenvalue weighted by Crippen LogP contribution is 2.12. The molecule has 3 heteroatoms. The minimum atomic E-state index is -0.186. The molecule has 0 saturated heterocycles. The number of nitrogen functional groups attached to an aromatic ring is 1. The van der Waals surface area contributed by atoms with Gasteiger partial charge in [0.25, 0.3) is 0 Å². The van der Waals surface area contributed by atoms with Gasteiger partial charge in [-0.25, -0.2) is 4.39 Å². The molecule has 0 aliphatic rings. The fourth-order valence-corrected chi connectivity index (χ4v) is 1.42. The lowest BCUT2D eigenvalue weighted by atomic mass is 10.1. The van der Waals surface area contributed by atoms with Crippen LogP contribution >= 0.6 is 0 Å². The summed E-state index contributed by atoms with van der Waals surface area (Å²) in [5.74, 6) is 5.45. The lowest BCUT2D eigenvalue weighted by Gasteiger charge is -2.04. The molecule has 0 spiro atoms. The molecule has 0 aliphatic heterocycles. The summed E-state index contributed by atoms with van der Waals surface area (Å²) in [5, 5.41) is 0. The molecule has 0 radical (unpaired) electrons. The van der Waals surface area contributed by atoms with Gasteiger partial charge >= 0.3 is 0 Å². The van der Waals surface area contributed by atoms with Gasteiger partial charge in [-0.15, -0.1) is 0 Å². The Hall–Kier alpha value is -1.77. The Labute approximate surface area is 81.7 Å². The predicted octanol–water partition coefficient (Wildman–Crippen LogP) is 1.93. The molecule has 2 N–H and O–H groups in total. The van der Waals surface area contributed by atoms with Gasteiger partial charge in [0.2, 0.25) is 0 Å². The van der Waals surface area contributed by atoms with Gasteiger partial charge in [-0.3, -0.25) is 4.68 Å². The number of hydrogen-bond acceptors (Lipinski definition) is 1. The maximum Gasteiger partial charge on any atom is 0.126 e. The Kier molecular flexibility index (Phi) is 2.23. The Morgan fingerprint density at radius 3 is 2.57 bits per heavy atom. The minimum absolute atomic E-state index is 0.186. The monoisotopic (exact) mass is 190 g/mol. The van der Waals surface area contributed by atoms with E-state index in [2.05, 4.69) is 0 Å². The van der Waals surface area contributed by atoms with E-state index in [1.807, 2.05) is 18.2 Å². The van der Waals surface area contributed by atoms with Crippen LogP contribution in [0.5, 0.6) is 0 Å². The number of benzene rings is 1. The van der Waals surface area contributed by atoms with E-state index < -0.39 is 0 Å². The fraction of sp³-hybridized carbons (Fsp3) is 0.0909. The predicted molar refractivity (Wildman–Crippen MR) is 53.8 cm³/mol. The number of hydrogen-bond donors (Lipinski definition) is 1. The summed E-state index contributed by atoms with van der Waals surface area (Å²) in [6.45, 7) is 0. The van der Waals surface area contributed by atoms with Gasteiger partial charge in [-0.1, -0.05) is 18.2 Å². The first-order valence-corrected chi connectivity index (χ1v) is 4.42. The van der Waals surface area contributed by atoms with E-state index in [1.165, 1.54) is 10.7 Å². The third-order valence-corrected chi connectivity index (χ3v) is 2.20. The van der Waals surface area contributed by atoms with Crippen LogP contribution in [-0.4, -0.2) is 4.68 Å². The highest BCUT2D eigenvalue weighted by atomic mass is 19.1. The second-order valence-corrected chi connectivity index (χ2v) is 3.17. The third-order valence-electron chi connectivity index (χ3n) is 2.20. The number of halogens is 1. The van der Waals surface area contributed by atoms with Crippen molar-refractivity contribution in [3.63, 3.8) is 0 Å². The molecule has 72 valence electrons. The van der Waals surface area contributed by atoms with Crippen LogP contribution < -0.4 is 5.84 Å². The van der Waals surface area contributed by atoms with E-state index in [0.717, 1.165) is 5.69 Å². The molecular formula is C11H11FN2. The van der Waals surface area contributed by atoms with Crippen molar-refractivity contribution in [2.75, 3.05) is 5.84 Å². The van der Waals surface area contributed by atoms with Gasteiger partial charge in [-0.05, 0) is 23.8 Å². The van der Waals surface area contributed by atoms with Crippen molar-refractivity contribution in [2.24, 2.45) is 0 Å². The zero-order valence-corrected chi connectivity index (χ0v) is 7.65. The molecule has 2 aromatic rings. The molecule has 1 heterocycles. The minimum Gasteiger partial charge on any atom is -0.339 e. The van der Waals surface area contributed by atoms with Crippen LogP contribution in [0.4, 0.5) is 4.39 Å². The smallest absolute Gasteiger partial charge is 0.126 e. The van der Waals surface area contributed by atoms with Crippen LogP contribution in [0.3, 0.4) is 0 Å². The maximum atomic E-state index is 13.3. The van der Waals surface area contributed by atoms with Crippen molar-refractivity contribution in [3.8, 4) is 0 Å². The van der Waals surface area contributed by atoms with Crippen molar-refractivity contribution in [1.29, 1.82) is 0 Å². The zero-order valence-electron chi connectivity index (χ0n) is 7.65. The van der Waals surface area contributed by atoms with Crippen molar-refractivity contribution >= 4 is 0 Å². The molecule has 14 heavy (non-hydrogen) atoms. The summed E-state index contributed by atoms with van der Waals surface area (Å²) in [6, 6.07) is 10.5. The van der Waals surface area contributed by atoms with Crippen molar-refractivity contribution in [2.45, 2.75) is 6.42 Å². The van der Waals surface area contributed by atoms with E-state index in [9.17, 15) is 4.39 Å². The SMILES string of the molecule is Nn1cccc1Cc1ccccc1F. The molecule has 0 saturated carbocycles. The standard InChI is InChI=1S/C11H11FN2/c12-11-6-2-1-4-9(11)8-10-5-3-7-14(10)13/h1-7H,8,13H2. The Morgan fingerprint density at radius 2 is 1.93 bits per heavy atom. The first kappa shape index (κ1) is 8.81. The zero-order chi connectivity index (χ0) is 9.97. The normalized spacial score (nSPS) is 10.4. The van der Waals surface area contributed by atoms with Crippen LogP contribution in [0.1, 0.15) is 11.3 Å². The molecule has 0 amide bonds. The van der Waals surface area contributed by atoms with Gasteiger partial charge in [0.05, 0.1) is 0 Å². The molecule has 0 bridgehead atoms. The maximum absolute atomic E-state index is 13.3. The first-order valence-electron chi connectivity index (χ1n) is 4.42. The lowest BCUT2D eigenvalue weighted by Crippen LogP contribution is -2.11. The van der Waals surface area contributed by atoms with Gasteiger partial charge in [-0.2, -0.15) is 0 Å². The van der Waals surface area contributed by atoms with Crippen molar-refractivity contribution < 1.29 is 4.39 Å². The fourth-order valence-electron chi connectivity index (χ4n) is 1.42. The average molecular weight is 190 g/mol. The first-order chi connectivity index (χ1) is 6.77. The second kappa shape index (κ2) is 3.54. The molecule has 1 aromatic carbocycles. The van der Waals surface area contributed by atoms with Gasteiger partial charge in [0, 0.05) is 18.3 Å². The summed E-state index contributed by atoms with van der Waals surface area (Å²) < 4.78 is 14.8. The molecule has 2 nitrogen and oxygen atoms in total. The molecule has 0 aliphatic carbocycles.